The van der Waals surface area contributed by atoms with Gasteiger partial charge in [0.2, 0.25) is 0 Å². The molecule has 0 aliphatic rings. The van der Waals surface area contributed by atoms with Gasteiger partial charge in [-0.3, -0.25) is 0 Å². The van der Waals surface area contributed by atoms with Crippen LogP contribution in [-0.4, -0.2) is 21.2 Å². The molecule has 134 valence electrons. The second-order valence-electron chi connectivity index (χ2n) is 6.32. The number of aromatic nitrogens is 2. The number of nitrogens with one attached hydrogen (secondary N) is 1. The lowest BCUT2D eigenvalue weighted by molar-refractivity contribution is 0.0688. The van der Waals surface area contributed by atoms with Crippen molar-refractivity contribution in [2.75, 3.05) is 5.32 Å². The molecule has 4 rings (SSSR count). The third-order valence-electron chi connectivity index (χ3n) is 4.33. The molecule has 0 atom stereocenters. The Kier molecular flexibility index (Phi) is 4.30. The van der Waals surface area contributed by atoms with Crippen LogP contribution in [0.1, 0.15) is 21.6 Å². The second-order valence-corrected chi connectivity index (χ2v) is 6.32. The lowest BCUT2D eigenvalue weighted by Gasteiger charge is -2.08. The molecule has 0 amide bonds. The Balaban J connectivity index is 1.54. The summed E-state index contributed by atoms with van der Waals surface area (Å²) in [5, 5.41) is 16.6. The van der Waals surface area contributed by atoms with E-state index in [0.717, 1.165) is 16.9 Å². The van der Waals surface area contributed by atoms with Crippen LogP contribution in [0.25, 0.3) is 22.1 Å². The quantitative estimate of drug-likeness (QED) is 0.545. The summed E-state index contributed by atoms with van der Waals surface area (Å²) in [5.41, 5.74) is 4.51. The topological polar surface area (TPSA) is 88.2 Å². The van der Waals surface area contributed by atoms with E-state index in [4.69, 9.17) is 4.52 Å². The first kappa shape index (κ1) is 16.8. The van der Waals surface area contributed by atoms with Crippen LogP contribution in [0.2, 0.25) is 0 Å². The lowest BCUT2D eigenvalue weighted by Crippen LogP contribution is -2.01. The number of carboxylic acid groups (broad SMARTS) is 1. The van der Waals surface area contributed by atoms with E-state index in [-0.39, 0.29) is 5.69 Å². The minimum atomic E-state index is -1.11. The molecule has 2 heterocycles. The monoisotopic (exact) mass is 359 g/mol. The molecule has 0 saturated heterocycles. The number of hydrogen-bond acceptors (Lipinski definition) is 5. The predicted molar refractivity (Wildman–Crippen MR) is 103 cm³/mol. The fourth-order valence-corrected chi connectivity index (χ4v) is 2.96. The van der Waals surface area contributed by atoms with Gasteiger partial charge in [0.15, 0.2) is 11.3 Å². The number of fused-ring (bicyclic) bond motifs is 1. The molecule has 6 nitrogen and oxygen atoms in total. The number of aromatic carboxylic acids is 1. The Labute approximate surface area is 155 Å². The normalized spacial score (nSPS) is 10.9. The summed E-state index contributed by atoms with van der Waals surface area (Å²) < 4.78 is 5.05. The summed E-state index contributed by atoms with van der Waals surface area (Å²) in [6, 6.07) is 17.5. The lowest BCUT2D eigenvalue weighted by atomic mass is 10.0. The molecule has 0 bridgehead atoms. The first-order valence-corrected chi connectivity index (χ1v) is 8.49. The van der Waals surface area contributed by atoms with Gasteiger partial charge in [0.25, 0.3) is 0 Å². The number of carboxylic acids is 1. The molecule has 0 unspecified atom stereocenters. The van der Waals surface area contributed by atoms with Crippen LogP contribution in [-0.2, 0) is 6.54 Å². The summed E-state index contributed by atoms with van der Waals surface area (Å²) in [4.78, 5) is 15.7. The van der Waals surface area contributed by atoms with E-state index in [1.807, 2.05) is 24.3 Å². The van der Waals surface area contributed by atoms with Crippen molar-refractivity contribution in [2.45, 2.75) is 13.5 Å². The Hall–Kier alpha value is -3.67. The molecule has 0 radical (unpaired) electrons. The number of rotatable bonds is 5. The molecule has 27 heavy (non-hydrogen) atoms. The van der Waals surface area contributed by atoms with E-state index in [0.29, 0.717) is 17.5 Å². The Bertz CT molecular complexity index is 1120. The van der Waals surface area contributed by atoms with Crippen molar-refractivity contribution in [1.29, 1.82) is 0 Å². The van der Waals surface area contributed by atoms with Crippen molar-refractivity contribution in [2.24, 2.45) is 0 Å². The van der Waals surface area contributed by atoms with Crippen molar-refractivity contribution >= 4 is 22.8 Å². The molecule has 2 N–H and O–H groups in total. The summed E-state index contributed by atoms with van der Waals surface area (Å²) in [6.45, 7) is 2.77. The number of aryl methyl sites for hydroxylation is 1. The van der Waals surface area contributed by atoms with E-state index in [1.54, 1.807) is 18.3 Å². The third kappa shape index (κ3) is 3.50. The van der Waals surface area contributed by atoms with Gasteiger partial charge in [-0.05, 0) is 42.3 Å². The largest absolute Gasteiger partial charge is 0.476 e. The summed E-state index contributed by atoms with van der Waals surface area (Å²) >= 11 is 0. The Morgan fingerprint density at radius 1 is 1.11 bits per heavy atom. The van der Waals surface area contributed by atoms with Gasteiger partial charge in [-0.25, -0.2) is 9.78 Å². The molecule has 4 aromatic rings. The third-order valence-corrected chi connectivity index (χ3v) is 4.33. The number of nitrogens with zero attached hydrogens (tertiary/aromatic N) is 2. The summed E-state index contributed by atoms with van der Waals surface area (Å²) in [6.07, 6.45) is 1.76. The number of hydrogen-bond donors (Lipinski definition) is 2. The number of carbonyl (C=O) groups is 1. The van der Waals surface area contributed by atoms with Crippen LogP contribution in [0.15, 0.2) is 65.3 Å². The van der Waals surface area contributed by atoms with E-state index in [2.05, 4.69) is 40.6 Å². The van der Waals surface area contributed by atoms with Crippen molar-refractivity contribution < 1.29 is 14.4 Å². The molecular formula is C21H17N3O3. The van der Waals surface area contributed by atoms with Crippen LogP contribution < -0.4 is 5.32 Å². The van der Waals surface area contributed by atoms with Crippen LogP contribution in [0.3, 0.4) is 0 Å². The van der Waals surface area contributed by atoms with Crippen LogP contribution in [0.4, 0.5) is 5.82 Å². The Morgan fingerprint density at radius 2 is 1.96 bits per heavy atom. The van der Waals surface area contributed by atoms with Gasteiger partial charge in [-0.15, -0.1) is 0 Å². The maximum atomic E-state index is 11.2. The van der Waals surface area contributed by atoms with Gasteiger partial charge in [0.1, 0.15) is 5.82 Å². The molecular weight excluding hydrogens is 342 g/mol. The molecule has 2 aromatic carbocycles. The molecule has 0 saturated carbocycles. The van der Waals surface area contributed by atoms with Gasteiger partial charge in [-0.2, -0.15) is 0 Å². The highest BCUT2D eigenvalue weighted by atomic mass is 16.5. The number of anilines is 1. The number of benzene rings is 2. The zero-order valence-electron chi connectivity index (χ0n) is 14.6. The molecule has 0 aliphatic carbocycles. The maximum absolute atomic E-state index is 11.2. The zero-order valence-corrected chi connectivity index (χ0v) is 14.6. The molecule has 2 aromatic heterocycles. The first-order valence-electron chi connectivity index (χ1n) is 8.49. The molecule has 0 fully saturated rings. The highest BCUT2D eigenvalue weighted by Gasteiger charge is 2.15. The van der Waals surface area contributed by atoms with Gasteiger partial charge in [0.05, 0.1) is 5.39 Å². The van der Waals surface area contributed by atoms with Crippen LogP contribution in [0, 0.1) is 6.92 Å². The van der Waals surface area contributed by atoms with Crippen LogP contribution in [0.5, 0.6) is 0 Å². The van der Waals surface area contributed by atoms with E-state index < -0.39 is 5.97 Å². The summed E-state index contributed by atoms with van der Waals surface area (Å²) in [7, 11) is 0. The van der Waals surface area contributed by atoms with Crippen molar-refractivity contribution in [3.63, 3.8) is 0 Å². The smallest absolute Gasteiger partial charge is 0.358 e. The fraction of sp³-hybridized carbons (Fsp3) is 0.0952. The second kappa shape index (κ2) is 6.92. The minimum Gasteiger partial charge on any atom is -0.476 e. The molecule has 6 heteroatoms. The minimum absolute atomic E-state index is 0.0868. The molecule has 0 aliphatic heterocycles. The highest BCUT2D eigenvalue weighted by molar-refractivity contribution is 6.01. The predicted octanol–water partition coefficient (Wildman–Crippen LogP) is 4.51. The van der Waals surface area contributed by atoms with Crippen molar-refractivity contribution in [1.82, 2.24) is 10.1 Å². The Morgan fingerprint density at radius 3 is 2.70 bits per heavy atom. The molecule has 0 spiro atoms. The average molecular weight is 359 g/mol. The van der Waals surface area contributed by atoms with Gasteiger partial charge in [-0.1, -0.05) is 41.1 Å². The highest BCUT2D eigenvalue weighted by Crippen LogP contribution is 2.27. The van der Waals surface area contributed by atoms with Gasteiger partial charge >= 0.3 is 5.97 Å². The van der Waals surface area contributed by atoms with E-state index >= 15 is 0 Å². The van der Waals surface area contributed by atoms with Gasteiger partial charge < -0.3 is 14.9 Å². The maximum Gasteiger partial charge on any atom is 0.358 e. The van der Waals surface area contributed by atoms with Gasteiger partial charge in [0, 0.05) is 18.3 Å². The average Bonchev–Trinajstić information content (AvgIpc) is 3.10. The standard InChI is InChI=1S/C21H17N3O3/c1-13-3-2-4-14(9-13)11-22-19-8-6-16(12-23-19)15-5-7-18-17(10-15)20(21(25)26)24-27-18/h2-10,12H,11H2,1H3,(H,22,23)(H,25,26). The SMILES string of the molecule is Cc1cccc(CNc2ccc(-c3ccc4onc(C(=O)O)c4c3)cn2)c1. The fourth-order valence-electron chi connectivity index (χ4n) is 2.96. The van der Waals surface area contributed by atoms with Crippen molar-refractivity contribution in [3.8, 4) is 11.1 Å². The zero-order chi connectivity index (χ0) is 18.8. The van der Waals surface area contributed by atoms with Crippen LogP contribution >= 0.6 is 0 Å². The van der Waals surface area contributed by atoms with Crippen molar-refractivity contribution in [3.05, 3.63) is 77.6 Å². The van der Waals surface area contributed by atoms with E-state index in [9.17, 15) is 9.90 Å². The summed E-state index contributed by atoms with van der Waals surface area (Å²) in [5.74, 6) is -0.336. The van der Waals surface area contributed by atoms with E-state index in [1.165, 1.54) is 11.1 Å². The first-order chi connectivity index (χ1) is 13.1. The number of pyridine rings is 1.